The molecule has 3 atom stereocenters. The number of hydrogen-bond acceptors (Lipinski definition) is 10. The molecule has 3 unspecified atom stereocenters. The zero-order valence-electron chi connectivity index (χ0n) is 46.5. The van der Waals surface area contributed by atoms with Crippen LogP contribution in [0.4, 0.5) is 0 Å². The smallest absolute Gasteiger partial charge is 0.462 e. The molecule has 0 aliphatic heterocycles. The van der Waals surface area contributed by atoms with Gasteiger partial charge in [0.15, 0.2) is 6.10 Å². The van der Waals surface area contributed by atoms with Crippen molar-refractivity contribution in [1.29, 1.82) is 0 Å². The second-order valence-electron chi connectivity index (χ2n) is 18.7. The number of rotatable bonds is 52. The van der Waals surface area contributed by atoms with Gasteiger partial charge in [0, 0.05) is 19.3 Å². The van der Waals surface area contributed by atoms with E-state index in [2.05, 4.69) is 130 Å². The molecule has 2 N–H and O–H groups in total. The highest BCUT2D eigenvalue weighted by Gasteiger charge is 2.28. The Kier molecular flexibility index (Phi) is 52.5. The van der Waals surface area contributed by atoms with Crippen LogP contribution in [0.5, 0.6) is 0 Å². The molecule has 0 aromatic heterocycles. The third-order valence-electron chi connectivity index (χ3n) is 11.7. The lowest BCUT2D eigenvalue weighted by Gasteiger charge is -2.21. The first-order chi connectivity index (χ1) is 36.2. The Labute approximate surface area is 450 Å². The molecule has 0 saturated carbocycles. The molecule has 422 valence electrons. The molecule has 0 aromatic rings. The summed E-state index contributed by atoms with van der Waals surface area (Å²) in [6.45, 7) is 4.31. The van der Waals surface area contributed by atoms with E-state index in [1.807, 2.05) is 0 Å². The molecule has 0 heterocycles. The summed E-state index contributed by atoms with van der Waals surface area (Å²) in [5.41, 5.74) is 0. The number of phosphoric acid groups is 1. The van der Waals surface area contributed by atoms with Crippen LogP contribution in [0, 0.1) is 0 Å². The third-order valence-corrected chi connectivity index (χ3v) is 12.6. The van der Waals surface area contributed by atoms with E-state index in [1.165, 1.54) is 12.8 Å². The van der Waals surface area contributed by atoms with E-state index in [1.54, 1.807) is 0 Å². The molecule has 0 bridgehead atoms. The van der Waals surface area contributed by atoms with E-state index in [0.29, 0.717) is 19.3 Å². The third kappa shape index (κ3) is 53.0. The van der Waals surface area contributed by atoms with Crippen LogP contribution >= 0.6 is 7.82 Å². The maximum absolute atomic E-state index is 12.9. The van der Waals surface area contributed by atoms with Crippen LogP contribution in [0.25, 0.3) is 0 Å². The predicted molar refractivity (Wildman–Crippen MR) is 307 cm³/mol. The fraction of sp³-hybridized carbons (Fsp3) is 0.661. The zero-order valence-corrected chi connectivity index (χ0v) is 47.4. The van der Waals surface area contributed by atoms with Crippen molar-refractivity contribution in [2.45, 2.75) is 238 Å². The normalized spacial score (nSPS) is 14.2. The van der Waals surface area contributed by atoms with Gasteiger partial charge >= 0.3 is 25.7 Å². The SMILES string of the molecule is CC/C=C\C/C=C\C/C=C\C/C=C\C/C=C\CCCCCC(=O)OCC(COP(=O)(O)OCC(CO)OC(=O)CCCCCCC/C=C\CCCC)OC(=O)CCCCCCCCC/C=C\C/C=C\C/C=C\CC. The summed E-state index contributed by atoms with van der Waals surface area (Å²) in [5.74, 6) is -1.53. The molecule has 11 nitrogen and oxygen atoms in total. The van der Waals surface area contributed by atoms with Crippen molar-refractivity contribution in [2.75, 3.05) is 26.4 Å². The number of aliphatic hydroxyl groups is 1. The number of hydrogen-bond donors (Lipinski definition) is 2. The summed E-state index contributed by atoms with van der Waals surface area (Å²) in [6, 6.07) is 0. The number of aliphatic hydroxyl groups excluding tert-OH is 1. The van der Waals surface area contributed by atoms with Crippen LogP contribution in [0.3, 0.4) is 0 Å². The van der Waals surface area contributed by atoms with Gasteiger partial charge in [-0.25, -0.2) is 4.57 Å². The van der Waals surface area contributed by atoms with Crippen LogP contribution in [0.1, 0.15) is 226 Å². The van der Waals surface area contributed by atoms with Gasteiger partial charge in [0.05, 0.1) is 19.8 Å². The molecule has 0 rings (SSSR count). The molecular formula is C62H103O11P. The van der Waals surface area contributed by atoms with Crippen molar-refractivity contribution in [3.8, 4) is 0 Å². The van der Waals surface area contributed by atoms with Crippen molar-refractivity contribution < 1.29 is 52.2 Å². The molecule has 0 aliphatic rings. The molecule has 0 aliphatic carbocycles. The van der Waals surface area contributed by atoms with Gasteiger partial charge in [-0.2, -0.15) is 0 Å². The largest absolute Gasteiger partial charge is 0.472 e. The fourth-order valence-corrected chi connectivity index (χ4v) is 8.10. The van der Waals surface area contributed by atoms with Crippen molar-refractivity contribution in [2.24, 2.45) is 0 Å². The first-order valence-corrected chi connectivity index (χ1v) is 30.3. The second kappa shape index (κ2) is 55.4. The van der Waals surface area contributed by atoms with Gasteiger partial charge in [0.1, 0.15) is 12.7 Å². The van der Waals surface area contributed by atoms with E-state index in [-0.39, 0.29) is 25.9 Å². The molecule has 0 amide bonds. The van der Waals surface area contributed by atoms with Crippen LogP contribution < -0.4 is 0 Å². The summed E-state index contributed by atoms with van der Waals surface area (Å²) in [6.07, 6.45) is 66.2. The highest BCUT2D eigenvalue weighted by atomic mass is 31.2. The van der Waals surface area contributed by atoms with Gasteiger partial charge < -0.3 is 24.2 Å². The Morgan fingerprint density at radius 3 is 1.11 bits per heavy atom. The van der Waals surface area contributed by atoms with Crippen molar-refractivity contribution in [1.82, 2.24) is 0 Å². The Hall–Kier alpha value is -3.86. The van der Waals surface area contributed by atoms with Gasteiger partial charge in [-0.05, 0) is 116 Å². The standard InChI is InChI=1S/C62H103O11P/c1-4-7-10-13-16-19-22-24-26-28-29-31-32-34-37-39-42-45-48-51-60(64)69-55-59(73-62(66)53-50-47-44-41-38-35-33-30-27-25-23-20-17-14-11-8-5-2)57-71-74(67,68)70-56-58(54-63)72-61(65)52-49-46-43-40-36-21-18-15-12-9-6-3/h7-8,10-11,15-20,24-27,29,31,34,37,58-59,63H,4-6,9,12-14,21-23,28,30,32-33,35-36,38-57H2,1-3H3,(H,67,68)/b10-7-,11-8-,18-15-,19-16-,20-17-,26-24-,27-25-,31-29-,37-34-. The monoisotopic (exact) mass is 1050 g/mol. The number of unbranched alkanes of at least 4 members (excludes halogenated alkanes) is 17. The lowest BCUT2D eigenvalue weighted by atomic mass is 10.1. The maximum Gasteiger partial charge on any atom is 0.472 e. The van der Waals surface area contributed by atoms with Crippen molar-refractivity contribution >= 4 is 25.7 Å². The topological polar surface area (TPSA) is 155 Å². The summed E-state index contributed by atoms with van der Waals surface area (Å²) in [7, 11) is -4.76. The van der Waals surface area contributed by atoms with Crippen molar-refractivity contribution in [3.63, 3.8) is 0 Å². The Bertz CT molecular complexity index is 1660. The predicted octanol–water partition coefficient (Wildman–Crippen LogP) is 17.0. The molecule has 0 aromatic carbocycles. The van der Waals surface area contributed by atoms with Gasteiger partial charge in [-0.1, -0.05) is 201 Å². The van der Waals surface area contributed by atoms with Crippen molar-refractivity contribution in [3.05, 3.63) is 109 Å². The lowest BCUT2D eigenvalue weighted by molar-refractivity contribution is -0.161. The molecule has 0 fully saturated rings. The average molecular weight is 1060 g/mol. The summed E-state index contributed by atoms with van der Waals surface area (Å²) in [5, 5.41) is 9.79. The molecule has 74 heavy (non-hydrogen) atoms. The van der Waals surface area contributed by atoms with Crippen LogP contribution in [-0.4, -0.2) is 66.5 Å². The quantitative estimate of drug-likeness (QED) is 0.0197. The molecule has 12 heteroatoms. The van der Waals surface area contributed by atoms with Gasteiger partial charge in [0.2, 0.25) is 0 Å². The highest BCUT2D eigenvalue weighted by Crippen LogP contribution is 2.43. The minimum Gasteiger partial charge on any atom is -0.462 e. The molecule has 0 spiro atoms. The molecular weight excluding hydrogens is 952 g/mol. The second-order valence-corrected chi connectivity index (χ2v) is 20.1. The van der Waals surface area contributed by atoms with Crippen LogP contribution in [0.2, 0.25) is 0 Å². The number of allylic oxidation sites excluding steroid dienone is 18. The number of ether oxygens (including phenoxy) is 3. The average Bonchev–Trinajstić information content (AvgIpc) is 3.39. The Balaban J connectivity index is 4.82. The minimum atomic E-state index is -4.76. The number of carbonyl (C=O) groups excluding carboxylic acids is 3. The lowest BCUT2D eigenvalue weighted by Crippen LogP contribution is -2.30. The van der Waals surface area contributed by atoms with Crippen LogP contribution in [-0.2, 0) is 42.2 Å². The summed E-state index contributed by atoms with van der Waals surface area (Å²) < 4.78 is 39.5. The maximum atomic E-state index is 12.9. The fourth-order valence-electron chi connectivity index (χ4n) is 7.32. The van der Waals surface area contributed by atoms with E-state index < -0.39 is 57.8 Å². The van der Waals surface area contributed by atoms with E-state index >= 15 is 0 Å². The number of carbonyl (C=O) groups is 3. The number of esters is 3. The zero-order chi connectivity index (χ0) is 54.1. The van der Waals surface area contributed by atoms with E-state index in [9.17, 15) is 28.9 Å². The van der Waals surface area contributed by atoms with Crippen LogP contribution in [0.15, 0.2) is 109 Å². The first-order valence-electron chi connectivity index (χ1n) is 28.8. The van der Waals surface area contributed by atoms with E-state index in [0.717, 1.165) is 154 Å². The highest BCUT2D eigenvalue weighted by molar-refractivity contribution is 7.47. The molecule has 0 radical (unpaired) electrons. The summed E-state index contributed by atoms with van der Waals surface area (Å²) >= 11 is 0. The first kappa shape index (κ1) is 70.1. The van der Waals surface area contributed by atoms with Gasteiger partial charge in [0.25, 0.3) is 0 Å². The van der Waals surface area contributed by atoms with E-state index in [4.69, 9.17) is 23.3 Å². The van der Waals surface area contributed by atoms with Gasteiger partial charge in [-0.3, -0.25) is 23.4 Å². The summed E-state index contributed by atoms with van der Waals surface area (Å²) in [4.78, 5) is 48.5. The Morgan fingerprint density at radius 2 is 0.703 bits per heavy atom. The van der Waals surface area contributed by atoms with Gasteiger partial charge in [-0.15, -0.1) is 0 Å². The Morgan fingerprint density at radius 1 is 0.392 bits per heavy atom. The molecule has 0 saturated heterocycles. The number of phosphoric ester groups is 1. The minimum absolute atomic E-state index is 0.143.